The van der Waals surface area contributed by atoms with Crippen LogP contribution in [0.1, 0.15) is 78.5 Å². The third-order valence-corrected chi connectivity index (χ3v) is 9.33. The fourth-order valence-corrected chi connectivity index (χ4v) is 6.30. The molecule has 1 aromatic carbocycles. The van der Waals surface area contributed by atoms with Gasteiger partial charge >= 0.3 is 12.1 Å². The molecule has 288 valence electrons. The number of methoxy groups -OCH3 is 1. The molecule has 0 radical (unpaired) electrons. The highest BCUT2D eigenvalue weighted by molar-refractivity contribution is 5.89. The predicted molar refractivity (Wildman–Crippen MR) is 201 cm³/mol. The first-order valence-electron chi connectivity index (χ1n) is 18.2. The molecule has 1 unspecified atom stereocenters. The number of aliphatic hydroxyl groups excluding tert-OH is 1. The van der Waals surface area contributed by atoms with Crippen molar-refractivity contribution in [3.8, 4) is 0 Å². The van der Waals surface area contributed by atoms with Crippen molar-refractivity contribution in [1.82, 2.24) is 35.9 Å². The van der Waals surface area contributed by atoms with Crippen molar-refractivity contribution in [1.29, 1.82) is 0 Å². The third kappa shape index (κ3) is 12.2. The lowest BCUT2D eigenvalue weighted by Crippen LogP contribution is -2.61. The number of nitrogens with zero attached hydrogens (tertiary/aromatic N) is 4. The van der Waals surface area contributed by atoms with Crippen molar-refractivity contribution in [2.75, 3.05) is 33.3 Å². The number of urea groups is 1. The summed E-state index contributed by atoms with van der Waals surface area (Å²) in [7, 11) is 1.24. The molecule has 2 aromatic rings. The fraction of sp³-hybridized carbons (Fsp3) is 0.615. The fourth-order valence-electron chi connectivity index (χ4n) is 6.30. The van der Waals surface area contributed by atoms with E-state index in [2.05, 4.69) is 34.9 Å². The van der Waals surface area contributed by atoms with E-state index in [-0.39, 0.29) is 18.5 Å². The Morgan fingerprint density at radius 3 is 2.23 bits per heavy atom. The molecule has 2 heterocycles. The van der Waals surface area contributed by atoms with E-state index in [1.54, 1.807) is 27.2 Å². The lowest BCUT2D eigenvalue weighted by molar-refractivity contribution is -0.133. The van der Waals surface area contributed by atoms with Gasteiger partial charge in [-0.25, -0.2) is 14.6 Å². The van der Waals surface area contributed by atoms with Crippen LogP contribution in [0.4, 0.5) is 9.59 Å². The van der Waals surface area contributed by atoms with Crippen molar-refractivity contribution >= 4 is 23.9 Å². The number of hydrazine groups is 1. The highest BCUT2D eigenvalue weighted by atomic mass is 16.5. The van der Waals surface area contributed by atoms with Gasteiger partial charge in [0.25, 0.3) is 5.91 Å². The molecule has 1 aromatic heterocycles. The van der Waals surface area contributed by atoms with Gasteiger partial charge in [-0.05, 0) is 59.3 Å². The van der Waals surface area contributed by atoms with E-state index in [0.29, 0.717) is 44.9 Å². The van der Waals surface area contributed by atoms with Crippen LogP contribution in [0, 0.1) is 23.7 Å². The smallest absolute Gasteiger partial charge is 0.407 e. The topological polar surface area (TPSA) is 156 Å². The summed E-state index contributed by atoms with van der Waals surface area (Å²) >= 11 is 0. The zero-order valence-corrected chi connectivity index (χ0v) is 32.7. The van der Waals surface area contributed by atoms with Gasteiger partial charge in [-0.15, -0.1) is 0 Å². The van der Waals surface area contributed by atoms with Gasteiger partial charge < -0.3 is 30.3 Å². The van der Waals surface area contributed by atoms with Gasteiger partial charge in [-0.2, -0.15) is 0 Å². The molecule has 13 nitrogen and oxygen atoms in total. The quantitative estimate of drug-likeness (QED) is 0.187. The highest BCUT2D eigenvalue weighted by Crippen LogP contribution is 2.29. The van der Waals surface area contributed by atoms with Crippen LogP contribution in [0.3, 0.4) is 0 Å². The lowest BCUT2D eigenvalue weighted by atomic mass is 9.84. The molecule has 5 amide bonds. The van der Waals surface area contributed by atoms with Crippen LogP contribution in [-0.4, -0.2) is 106 Å². The number of pyridine rings is 1. The number of aliphatic hydroxyl groups is 1. The van der Waals surface area contributed by atoms with Gasteiger partial charge in [-0.3, -0.25) is 20.0 Å². The molecule has 0 saturated carbocycles. The van der Waals surface area contributed by atoms with Gasteiger partial charge in [0.1, 0.15) is 12.1 Å². The molecule has 52 heavy (non-hydrogen) atoms. The van der Waals surface area contributed by atoms with Crippen molar-refractivity contribution in [3.63, 3.8) is 0 Å². The van der Waals surface area contributed by atoms with Gasteiger partial charge in [0, 0.05) is 45.1 Å². The maximum atomic E-state index is 14.4. The average Bonchev–Trinajstić information content (AvgIpc) is 3.40. The number of ether oxygens (including phenoxy) is 1. The van der Waals surface area contributed by atoms with Gasteiger partial charge in [0.15, 0.2) is 0 Å². The molecule has 4 N–H and O–H groups in total. The Kier molecular flexibility index (Phi) is 15.0. The van der Waals surface area contributed by atoms with Crippen molar-refractivity contribution in [2.45, 2.75) is 106 Å². The van der Waals surface area contributed by atoms with Crippen LogP contribution < -0.4 is 16.1 Å². The standard InChI is InChI=1S/C39H61N7O6/c1-26(2)17-19-45(43-34(48)32(38(4,5)6)42-36(50)52-10)25-31(47)30(22-28-14-12-11-13-15-28)41-35(49)33(39(7,8)9)46-21-20-44(37(46)51)24-29-23-40-18-16-27(29)3/h11-16,18,23,26,30-33,47H,17,19-22,24-25H2,1-10H3,(H,41,49)(H,42,50)(H,43,48)/t30-,31-,32?,33+/m0/s1. The van der Waals surface area contributed by atoms with Crippen LogP contribution >= 0.6 is 0 Å². The second-order valence-electron chi connectivity index (χ2n) is 16.4. The van der Waals surface area contributed by atoms with E-state index in [1.165, 1.54) is 7.11 Å². The Bertz CT molecular complexity index is 1490. The van der Waals surface area contributed by atoms with E-state index in [9.17, 15) is 24.3 Å². The number of alkyl carbamates (subject to hydrolysis) is 1. The minimum Gasteiger partial charge on any atom is -0.453 e. The Labute approximate surface area is 309 Å². The number of amides is 5. The average molecular weight is 724 g/mol. The molecule has 1 aliphatic rings. The molecule has 0 spiro atoms. The van der Waals surface area contributed by atoms with E-state index in [1.807, 2.05) is 84.9 Å². The number of carbonyl (C=O) groups is 4. The summed E-state index contributed by atoms with van der Waals surface area (Å²) in [5.41, 5.74) is 4.54. The van der Waals surface area contributed by atoms with Crippen LogP contribution in [0.5, 0.6) is 0 Å². The summed E-state index contributed by atoms with van der Waals surface area (Å²) in [6, 6.07) is 8.73. The third-order valence-electron chi connectivity index (χ3n) is 9.33. The van der Waals surface area contributed by atoms with Gasteiger partial charge in [-0.1, -0.05) is 85.7 Å². The Morgan fingerprint density at radius 1 is 0.981 bits per heavy atom. The number of rotatable bonds is 16. The zero-order valence-electron chi connectivity index (χ0n) is 32.7. The first-order valence-corrected chi connectivity index (χ1v) is 18.2. The zero-order chi connectivity index (χ0) is 38.8. The predicted octanol–water partition coefficient (Wildman–Crippen LogP) is 4.28. The summed E-state index contributed by atoms with van der Waals surface area (Å²) < 4.78 is 4.77. The molecular weight excluding hydrogens is 662 g/mol. The summed E-state index contributed by atoms with van der Waals surface area (Å²) in [5, 5.41) is 19.3. The molecule has 3 rings (SSSR count). The van der Waals surface area contributed by atoms with Crippen LogP contribution in [-0.2, 0) is 27.3 Å². The molecule has 4 atom stereocenters. The van der Waals surface area contributed by atoms with Gasteiger partial charge in [0.2, 0.25) is 5.91 Å². The molecule has 1 fully saturated rings. The molecule has 1 saturated heterocycles. The Balaban J connectivity index is 1.87. The summed E-state index contributed by atoms with van der Waals surface area (Å²) in [5.74, 6) is -0.521. The minimum atomic E-state index is -1.13. The highest BCUT2D eigenvalue weighted by Gasteiger charge is 2.44. The van der Waals surface area contributed by atoms with Crippen molar-refractivity contribution in [3.05, 3.63) is 65.5 Å². The van der Waals surface area contributed by atoms with E-state index >= 15 is 0 Å². The normalized spacial score (nSPS) is 16.1. The number of hydrogen-bond donors (Lipinski definition) is 4. The van der Waals surface area contributed by atoms with Crippen LogP contribution in [0.2, 0.25) is 0 Å². The molecule has 0 bridgehead atoms. The second kappa shape index (κ2) is 18.5. The van der Waals surface area contributed by atoms with E-state index in [0.717, 1.165) is 16.7 Å². The summed E-state index contributed by atoms with van der Waals surface area (Å²) in [4.78, 5) is 61.6. The molecule has 13 heteroatoms. The maximum absolute atomic E-state index is 14.4. The van der Waals surface area contributed by atoms with Gasteiger partial charge in [0.05, 0.1) is 19.3 Å². The van der Waals surface area contributed by atoms with E-state index in [4.69, 9.17) is 4.74 Å². The first-order chi connectivity index (χ1) is 24.3. The number of nitrogens with one attached hydrogen (secondary N) is 3. The largest absolute Gasteiger partial charge is 0.453 e. The van der Waals surface area contributed by atoms with Crippen LogP contribution in [0.25, 0.3) is 0 Å². The summed E-state index contributed by atoms with van der Waals surface area (Å²) in [6.07, 6.45) is 2.66. The minimum absolute atomic E-state index is 0.00754. The first kappa shape index (κ1) is 42.2. The number of aryl methyl sites for hydroxylation is 1. The van der Waals surface area contributed by atoms with Crippen molar-refractivity contribution < 1.29 is 29.0 Å². The van der Waals surface area contributed by atoms with Crippen molar-refractivity contribution in [2.24, 2.45) is 16.7 Å². The number of carbonyl (C=O) groups excluding carboxylic acids is 4. The molecular formula is C39H61N7O6. The number of benzene rings is 1. The summed E-state index contributed by atoms with van der Waals surface area (Å²) in [6.45, 7) is 19.1. The second-order valence-corrected chi connectivity index (χ2v) is 16.4. The number of hydrogen-bond acceptors (Lipinski definition) is 8. The Hall–Kier alpha value is -4.23. The van der Waals surface area contributed by atoms with E-state index < -0.39 is 47.1 Å². The number of aromatic nitrogens is 1. The molecule has 1 aliphatic heterocycles. The monoisotopic (exact) mass is 723 g/mol. The Morgan fingerprint density at radius 2 is 1.65 bits per heavy atom. The maximum Gasteiger partial charge on any atom is 0.407 e. The SMILES string of the molecule is COC(=O)NC(C(=O)NN(CCC(C)C)C[C@H](O)[C@H](Cc1ccccc1)NC(=O)[C@@H](N1CCN(Cc2cnccc2C)C1=O)C(C)(C)C)C(C)(C)C. The van der Waals surface area contributed by atoms with Crippen LogP contribution in [0.15, 0.2) is 48.8 Å². The lowest BCUT2D eigenvalue weighted by Gasteiger charge is -2.38. The molecule has 0 aliphatic carbocycles.